The first-order valence-corrected chi connectivity index (χ1v) is 11.8. The van der Waals surface area contributed by atoms with Crippen molar-refractivity contribution < 1.29 is 8.42 Å². The summed E-state index contributed by atoms with van der Waals surface area (Å²) in [6.45, 7) is 2.17. The summed E-state index contributed by atoms with van der Waals surface area (Å²) in [5.74, 6) is 0. The molecule has 0 saturated heterocycles. The molecule has 3 aromatic rings. The summed E-state index contributed by atoms with van der Waals surface area (Å²) in [5, 5.41) is 6.19. The minimum Gasteiger partial charge on any atom is -0.306 e. The maximum atomic E-state index is 12.8. The van der Waals surface area contributed by atoms with Crippen LogP contribution in [-0.4, -0.2) is 20.5 Å². The van der Waals surface area contributed by atoms with E-state index in [-0.39, 0.29) is 18.1 Å². The summed E-state index contributed by atoms with van der Waals surface area (Å²) in [5.41, 5.74) is 1.25. The van der Waals surface area contributed by atoms with Gasteiger partial charge >= 0.3 is 0 Å². The van der Waals surface area contributed by atoms with Crippen LogP contribution in [0.3, 0.4) is 0 Å². The highest BCUT2D eigenvalue weighted by Gasteiger charge is 2.30. The molecule has 2 unspecified atom stereocenters. The maximum Gasteiger partial charge on any atom is 0.240 e. The number of rotatable bonds is 6. The van der Waals surface area contributed by atoms with Crippen molar-refractivity contribution >= 4 is 20.8 Å². The molecular weight excluding hydrogens is 380 g/mol. The summed E-state index contributed by atoms with van der Waals surface area (Å²) < 4.78 is 28.6. The van der Waals surface area contributed by atoms with Gasteiger partial charge in [0.05, 0.1) is 4.90 Å². The van der Waals surface area contributed by atoms with Crippen LogP contribution in [-0.2, 0) is 10.0 Å². The fourth-order valence-electron chi connectivity index (χ4n) is 4.38. The lowest BCUT2D eigenvalue weighted by molar-refractivity contribution is 0.291. The van der Waals surface area contributed by atoms with Gasteiger partial charge in [-0.15, -0.1) is 0 Å². The number of fused-ring (bicyclic) bond motifs is 1. The summed E-state index contributed by atoms with van der Waals surface area (Å²) in [6.07, 6.45) is 3.98. The van der Waals surface area contributed by atoms with Gasteiger partial charge in [-0.05, 0) is 48.2 Å². The van der Waals surface area contributed by atoms with Crippen LogP contribution in [0, 0.1) is 0 Å². The molecule has 152 valence electrons. The largest absolute Gasteiger partial charge is 0.306 e. The Morgan fingerprint density at radius 2 is 1.48 bits per heavy atom. The van der Waals surface area contributed by atoms with Crippen molar-refractivity contribution in [2.24, 2.45) is 0 Å². The lowest BCUT2D eigenvalue weighted by Crippen LogP contribution is -2.52. The second-order valence-electron chi connectivity index (χ2n) is 7.89. The Hall–Kier alpha value is -2.21. The van der Waals surface area contributed by atoms with Crippen LogP contribution in [0.2, 0.25) is 0 Å². The molecule has 4 nitrogen and oxygen atoms in total. The van der Waals surface area contributed by atoms with E-state index in [0.29, 0.717) is 4.90 Å². The SMILES string of the molecule is CC(N[C@H]1CCCCC1NS(=O)(=O)c1ccccc1)c1cccc2ccccc12. The van der Waals surface area contributed by atoms with Gasteiger partial charge in [-0.1, -0.05) is 73.5 Å². The lowest BCUT2D eigenvalue weighted by Gasteiger charge is -2.35. The first kappa shape index (κ1) is 20.1. The van der Waals surface area contributed by atoms with Crippen molar-refractivity contribution in [2.75, 3.05) is 0 Å². The van der Waals surface area contributed by atoms with Gasteiger partial charge in [-0.2, -0.15) is 0 Å². The van der Waals surface area contributed by atoms with Gasteiger partial charge in [-0.25, -0.2) is 13.1 Å². The molecule has 5 heteroatoms. The predicted molar refractivity (Wildman–Crippen MR) is 118 cm³/mol. The van der Waals surface area contributed by atoms with Crippen molar-refractivity contribution in [3.63, 3.8) is 0 Å². The number of nitrogens with one attached hydrogen (secondary N) is 2. The van der Waals surface area contributed by atoms with Gasteiger partial charge < -0.3 is 5.32 Å². The second kappa shape index (κ2) is 8.66. The van der Waals surface area contributed by atoms with Gasteiger partial charge in [0.2, 0.25) is 10.0 Å². The monoisotopic (exact) mass is 408 g/mol. The first-order chi connectivity index (χ1) is 14.0. The first-order valence-electron chi connectivity index (χ1n) is 10.4. The Bertz CT molecular complexity index is 1060. The van der Waals surface area contributed by atoms with Gasteiger partial charge in [0.25, 0.3) is 0 Å². The van der Waals surface area contributed by atoms with Crippen LogP contribution in [0.15, 0.2) is 77.7 Å². The molecule has 3 atom stereocenters. The minimum absolute atomic E-state index is 0.105. The third-order valence-electron chi connectivity index (χ3n) is 5.88. The molecule has 0 heterocycles. The summed E-state index contributed by atoms with van der Waals surface area (Å²) >= 11 is 0. The Labute approximate surface area is 173 Å². The van der Waals surface area contributed by atoms with Gasteiger partial charge in [-0.3, -0.25) is 0 Å². The molecule has 4 rings (SSSR count). The van der Waals surface area contributed by atoms with Crippen LogP contribution >= 0.6 is 0 Å². The number of hydrogen-bond acceptors (Lipinski definition) is 3. The van der Waals surface area contributed by atoms with Crippen molar-refractivity contribution in [2.45, 2.75) is 55.6 Å². The molecule has 1 aliphatic rings. The highest BCUT2D eigenvalue weighted by atomic mass is 32.2. The second-order valence-corrected chi connectivity index (χ2v) is 9.60. The van der Waals surface area contributed by atoms with E-state index in [1.54, 1.807) is 24.3 Å². The minimum atomic E-state index is -3.52. The molecule has 29 heavy (non-hydrogen) atoms. The van der Waals surface area contributed by atoms with Crippen molar-refractivity contribution in [1.82, 2.24) is 10.0 Å². The van der Waals surface area contributed by atoms with E-state index in [4.69, 9.17) is 0 Å². The third kappa shape index (κ3) is 4.53. The Morgan fingerprint density at radius 1 is 0.828 bits per heavy atom. The smallest absolute Gasteiger partial charge is 0.240 e. The van der Waals surface area contributed by atoms with E-state index in [0.717, 1.165) is 25.7 Å². The van der Waals surface area contributed by atoms with Gasteiger partial charge in [0, 0.05) is 18.1 Å². The summed E-state index contributed by atoms with van der Waals surface area (Å²) in [6, 6.07) is 23.5. The molecule has 1 aliphatic carbocycles. The fraction of sp³-hybridized carbons (Fsp3) is 0.333. The zero-order valence-electron chi connectivity index (χ0n) is 16.7. The van der Waals surface area contributed by atoms with E-state index < -0.39 is 10.0 Å². The highest BCUT2D eigenvalue weighted by Crippen LogP contribution is 2.27. The third-order valence-corrected chi connectivity index (χ3v) is 7.39. The van der Waals surface area contributed by atoms with E-state index in [9.17, 15) is 8.42 Å². The average Bonchev–Trinajstić information content (AvgIpc) is 2.75. The summed E-state index contributed by atoms with van der Waals surface area (Å²) in [4.78, 5) is 0.325. The zero-order valence-corrected chi connectivity index (χ0v) is 17.5. The summed E-state index contributed by atoms with van der Waals surface area (Å²) in [7, 11) is -3.52. The lowest BCUT2D eigenvalue weighted by atomic mass is 9.89. The van der Waals surface area contributed by atoms with E-state index in [2.05, 4.69) is 59.4 Å². The molecule has 1 fully saturated rings. The Balaban J connectivity index is 1.53. The predicted octanol–water partition coefficient (Wildman–Crippen LogP) is 4.78. The van der Waals surface area contributed by atoms with Crippen molar-refractivity contribution in [1.29, 1.82) is 0 Å². The highest BCUT2D eigenvalue weighted by molar-refractivity contribution is 7.89. The molecule has 0 radical (unpaired) electrons. The Kier molecular flexibility index (Phi) is 5.99. The standard InChI is InChI=1S/C24H28N2O2S/c1-18(21-15-9-11-19-10-5-6-14-22(19)21)25-23-16-7-8-17-24(23)26-29(27,28)20-12-3-2-4-13-20/h2-6,9-15,18,23-26H,7-8,16-17H2,1H3/t18?,23-,24?/m0/s1. The average molecular weight is 409 g/mol. The van der Waals surface area contributed by atoms with Gasteiger partial charge in [0.15, 0.2) is 0 Å². The molecule has 1 saturated carbocycles. The number of sulfonamides is 1. The molecule has 0 amide bonds. The molecular formula is C24H28N2O2S. The van der Waals surface area contributed by atoms with Crippen molar-refractivity contribution in [3.05, 3.63) is 78.4 Å². The van der Waals surface area contributed by atoms with Gasteiger partial charge in [0.1, 0.15) is 0 Å². The van der Waals surface area contributed by atoms with Crippen molar-refractivity contribution in [3.8, 4) is 0 Å². The molecule has 2 N–H and O–H groups in total. The number of benzene rings is 3. The van der Waals surface area contributed by atoms with Crippen LogP contribution in [0.25, 0.3) is 10.8 Å². The maximum absolute atomic E-state index is 12.8. The Morgan fingerprint density at radius 3 is 2.28 bits per heavy atom. The molecule has 0 bridgehead atoms. The van der Waals surface area contributed by atoms with Crippen LogP contribution in [0.5, 0.6) is 0 Å². The topological polar surface area (TPSA) is 58.2 Å². The van der Waals surface area contributed by atoms with Crippen LogP contribution < -0.4 is 10.0 Å². The fourth-order valence-corrected chi connectivity index (χ4v) is 5.71. The number of hydrogen-bond donors (Lipinski definition) is 2. The van der Waals surface area contributed by atoms with Crippen LogP contribution in [0.4, 0.5) is 0 Å². The molecule has 3 aromatic carbocycles. The normalized spacial score (nSPS) is 21.1. The van der Waals surface area contributed by atoms with E-state index in [1.807, 2.05) is 6.07 Å². The molecule has 0 spiro atoms. The van der Waals surface area contributed by atoms with Crippen LogP contribution in [0.1, 0.15) is 44.2 Å². The molecule has 0 aromatic heterocycles. The quantitative estimate of drug-likeness (QED) is 0.617. The molecule has 0 aliphatic heterocycles. The zero-order chi connectivity index (χ0) is 20.3. The van der Waals surface area contributed by atoms with E-state index >= 15 is 0 Å². The van der Waals surface area contributed by atoms with E-state index in [1.165, 1.54) is 16.3 Å².